The highest BCUT2D eigenvalue weighted by Crippen LogP contribution is 2.22. The van der Waals surface area contributed by atoms with Crippen LogP contribution in [0.15, 0.2) is 83.8 Å². The van der Waals surface area contributed by atoms with Gasteiger partial charge in [0.05, 0.1) is 10.9 Å². The molecule has 138 valence electrons. The fraction of sp³-hybridized carbons (Fsp3) is 0.136. The maximum Gasteiger partial charge on any atom is 0.251 e. The Labute approximate surface area is 159 Å². The topological polar surface area (TPSA) is 63.2 Å². The van der Waals surface area contributed by atoms with Crippen molar-refractivity contribution >= 4 is 15.7 Å². The number of carbonyl (C=O) groups is 1. The van der Waals surface area contributed by atoms with Gasteiger partial charge in [0, 0.05) is 11.8 Å². The lowest BCUT2D eigenvalue weighted by molar-refractivity contribution is 0.0939. The van der Waals surface area contributed by atoms with Crippen LogP contribution < -0.4 is 5.32 Å². The molecule has 1 amide bonds. The van der Waals surface area contributed by atoms with Crippen LogP contribution in [0.1, 0.15) is 28.9 Å². The molecule has 0 unspecified atom stereocenters. The third-order valence-corrected chi connectivity index (χ3v) is 5.50. The standard InChI is InChI=1S/C22H21NO3S/c1-16(17-11-13-19(14-12-17)18-7-4-3-5-8-18)23-22(24)20-9-6-10-21(15-20)27(2,25)26/h3-16H,1-2H3,(H,23,24)/t16-/m0/s1. The Bertz CT molecular complexity index is 1040. The Morgan fingerprint density at radius 1 is 0.852 bits per heavy atom. The Morgan fingerprint density at radius 2 is 1.48 bits per heavy atom. The molecule has 1 atom stereocenters. The SMILES string of the molecule is C[C@H](NC(=O)c1cccc(S(C)(=O)=O)c1)c1ccc(-c2ccccc2)cc1. The Kier molecular flexibility index (Phi) is 5.42. The third kappa shape index (κ3) is 4.63. The zero-order valence-corrected chi connectivity index (χ0v) is 16.0. The van der Waals surface area contributed by atoms with E-state index in [9.17, 15) is 13.2 Å². The molecule has 0 saturated heterocycles. The number of rotatable bonds is 5. The zero-order valence-electron chi connectivity index (χ0n) is 15.2. The van der Waals surface area contributed by atoms with Gasteiger partial charge < -0.3 is 5.32 Å². The zero-order chi connectivity index (χ0) is 19.4. The van der Waals surface area contributed by atoms with E-state index in [-0.39, 0.29) is 16.8 Å². The monoisotopic (exact) mass is 379 g/mol. The first kappa shape index (κ1) is 18.9. The summed E-state index contributed by atoms with van der Waals surface area (Å²) < 4.78 is 23.3. The van der Waals surface area contributed by atoms with Gasteiger partial charge in [-0.15, -0.1) is 0 Å². The van der Waals surface area contributed by atoms with Gasteiger partial charge >= 0.3 is 0 Å². The van der Waals surface area contributed by atoms with Gasteiger partial charge in [0.25, 0.3) is 5.91 Å². The van der Waals surface area contributed by atoms with Crippen LogP contribution in [0.25, 0.3) is 11.1 Å². The number of nitrogens with one attached hydrogen (secondary N) is 1. The first-order chi connectivity index (χ1) is 12.8. The van der Waals surface area contributed by atoms with Crippen molar-refractivity contribution in [3.05, 3.63) is 90.0 Å². The quantitative estimate of drug-likeness (QED) is 0.721. The van der Waals surface area contributed by atoms with Gasteiger partial charge in [-0.2, -0.15) is 0 Å². The molecule has 1 N–H and O–H groups in total. The maximum atomic E-state index is 12.5. The van der Waals surface area contributed by atoms with Crippen molar-refractivity contribution in [2.24, 2.45) is 0 Å². The summed E-state index contributed by atoms with van der Waals surface area (Å²) in [5.74, 6) is -0.305. The van der Waals surface area contributed by atoms with Gasteiger partial charge in [-0.05, 0) is 41.8 Å². The summed E-state index contributed by atoms with van der Waals surface area (Å²) in [4.78, 5) is 12.6. The Morgan fingerprint density at radius 3 is 2.11 bits per heavy atom. The van der Waals surface area contributed by atoms with Gasteiger partial charge in [0.2, 0.25) is 0 Å². The summed E-state index contributed by atoms with van der Waals surface area (Å²) in [7, 11) is -3.35. The van der Waals surface area contributed by atoms with Crippen LogP contribution in [0, 0.1) is 0 Å². The van der Waals surface area contributed by atoms with Crippen molar-refractivity contribution in [2.45, 2.75) is 17.9 Å². The van der Waals surface area contributed by atoms with E-state index in [0.717, 1.165) is 22.9 Å². The molecule has 0 radical (unpaired) electrons. The maximum absolute atomic E-state index is 12.5. The summed E-state index contributed by atoms with van der Waals surface area (Å²) in [6.07, 6.45) is 1.13. The largest absolute Gasteiger partial charge is 0.346 e. The predicted octanol–water partition coefficient (Wildman–Crippen LogP) is 4.25. The second-order valence-corrected chi connectivity index (χ2v) is 8.50. The van der Waals surface area contributed by atoms with Gasteiger partial charge in [0.15, 0.2) is 9.84 Å². The molecule has 0 spiro atoms. The average Bonchev–Trinajstić information content (AvgIpc) is 2.68. The Balaban J connectivity index is 1.73. The summed E-state index contributed by atoms with van der Waals surface area (Å²) in [5, 5.41) is 2.92. The molecule has 0 bridgehead atoms. The minimum atomic E-state index is -3.35. The lowest BCUT2D eigenvalue weighted by Gasteiger charge is -2.15. The number of hydrogen-bond acceptors (Lipinski definition) is 3. The molecule has 5 heteroatoms. The van der Waals surface area contributed by atoms with E-state index in [1.54, 1.807) is 12.1 Å². The first-order valence-electron chi connectivity index (χ1n) is 8.61. The van der Waals surface area contributed by atoms with Gasteiger partial charge in [0.1, 0.15) is 0 Å². The summed E-state index contributed by atoms with van der Waals surface area (Å²) in [6.45, 7) is 1.90. The molecule has 0 aromatic heterocycles. The molecule has 3 aromatic carbocycles. The Hall–Kier alpha value is -2.92. The van der Waals surface area contributed by atoms with Crippen molar-refractivity contribution < 1.29 is 13.2 Å². The first-order valence-corrected chi connectivity index (χ1v) is 10.5. The number of hydrogen-bond donors (Lipinski definition) is 1. The number of benzene rings is 3. The number of carbonyl (C=O) groups excluding carboxylic acids is 1. The molecule has 0 saturated carbocycles. The lowest BCUT2D eigenvalue weighted by atomic mass is 10.0. The van der Waals surface area contributed by atoms with Crippen LogP contribution in [0.3, 0.4) is 0 Å². The second-order valence-electron chi connectivity index (χ2n) is 6.48. The number of amides is 1. The number of sulfone groups is 1. The van der Waals surface area contributed by atoms with Crippen LogP contribution in [0.4, 0.5) is 0 Å². The van der Waals surface area contributed by atoms with E-state index in [4.69, 9.17) is 0 Å². The third-order valence-electron chi connectivity index (χ3n) is 4.39. The predicted molar refractivity (Wildman–Crippen MR) is 107 cm³/mol. The minimum Gasteiger partial charge on any atom is -0.346 e. The highest BCUT2D eigenvalue weighted by atomic mass is 32.2. The molecule has 0 aliphatic heterocycles. The van der Waals surface area contributed by atoms with E-state index in [2.05, 4.69) is 17.4 Å². The summed E-state index contributed by atoms with van der Waals surface area (Å²) in [5.41, 5.74) is 3.55. The molecule has 0 aliphatic carbocycles. The molecule has 0 heterocycles. The summed E-state index contributed by atoms with van der Waals surface area (Å²) >= 11 is 0. The second kappa shape index (κ2) is 7.76. The van der Waals surface area contributed by atoms with Crippen LogP contribution in [0.2, 0.25) is 0 Å². The van der Waals surface area contributed by atoms with Gasteiger partial charge in [-0.25, -0.2) is 8.42 Å². The molecule has 27 heavy (non-hydrogen) atoms. The van der Waals surface area contributed by atoms with E-state index in [1.165, 1.54) is 12.1 Å². The molecular weight excluding hydrogens is 358 g/mol. The van der Waals surface area contributed by atoms with Crippen molar-refractivity contribution in [3.63, 3.8) is 0 Å². The van der Waals surface area contributed by atoms with Crippen LogP contribution in [0.5, 0.6) is 0 Å². The fourth-order valence-corrected chi connectivity index (χ4v) is 3.49. The summed E-state index contributed by atoms with van der Waals surface area (Å²) in [6, 6.07) is 24.0. The van der Waals surface area contributed by atoms with Crippen molar-refractivity contribution in [3.8, 4) is 11.1 Å². The highest BCUT2D eigenvalue weighted by molar-refractivity contribution is 7.90. The van der Waals surface area contributed by atoms with Crippen LogP contribution >= 0.6 is 0 Å². The van der Waals surface area contributed by atoms with E-state index >= 15 is 0 Å². The molecular formula is C22H21NO3S. The van der Waals surface area contributed by atoms with Crippen molar-refractivity contribution in [1.29, 1.82) is 0 Å². The normalized spacial score (nSPS) is 12.4. The lowest BCUT2D eigenvalue weighted by Crippen LogP contribution is -2.26. The smallest absolute Gasteiger partial charge is 0.251 e. The van der Waals surface area contributed by atoms with Crippen LogP contribution in [-0.2, 0) is 9.84 Å². The van der Waals surface area contributed by atoms with E-state index in [0.29, 0.717) is 5.56 Å². The van der Waals surface area contributed by atoms with Gasteiger partial charge in [-0.3, -0.25) is 4.79 Å². The van der Waals surface area contributed by atoms with Crippen LogP contribution in [-0.4, -0.2) is 20.6 Å². The van der Waals surface area contributed by atoms with Crippen molar-refractivity contribution in [2.75, 3.05) is 6.26 Å². The van der Waals surface area contributed by atoms with E-state index < -0.39 is 9.84 Å². The molecule has 0 aliphatic rings. The van der Waals surface area contributed by atoms with Gasteiger partial charge in [-0.1, -0.05) is 60.7 Å². The highest BCUT2D eigenvalue weighted by Gasteiger charge is 2.14. The molecule has 4 nitrogen and oxygen atoms in total. The molecule has 3 rings (SSSR count). The molecule has 3 aromatic rings. The van der Waals surface area contributed by atoms with E-state index in [1.807, 2.05) is 49.4 Å². The van der Waals surface area contributed by atoms with Crippen molar-refractivity contribution in [1.82, 2.24) is 5.32 Å². The minimum absolute atomic E-state index is 0.134. The fourth-order valence-electron chi connectivity index (χ4n) is 2.83. The average molecular weight is 379 g/mol. The molecule has 0 fully saturated rings.